The Bertz CT molecular complexity index is 686. The highest BCUT2D eigenvalue weighted by molar-refractivity contribution is 6.31. The average molecular weight is 285 g/mol. The molecule has 2 heteroatoms. The molecule has 1 nitrogen and oxygen atoms in total. The Hall–Kier alpha value is -1.60. The van der Waals surface area contributed by atoms with Crippen LogP contribution in [0.1, 0.15) is 27.8 Å². The van der Waals surface area contributed by atoms with E-state index in [-0.39, 0.29) is 0 Å². The highest BCUT2D eigenvalue weighted by Crippen LogP contribution is 2.20. The molecule has 1 aliphatic rings. The summed E-state index contributed by atoms with van der Waals surface area (Å²) in [6.07, 6.45) is 3.38. The number of hydrogen-bond acceptors (Lipinski definition) is 0. The van der Waals surface area contributed by atoms with Crippen molar-refractivity contribution in [3.8, 4) is 0 Å². The molecule has 0 aromatic heterocycles. The normalized spacial score (nSPS) is 13.8. The second-order valence-electron chi connectivity index (χ2n) is 5.58. The van der Waals surface area contributed by atoms with Gasteiger partial charge in [-0.1, -0.05) is 35.9 Å². The molecule has 0 aliphatic carbocycles. The Morgan fingerprint density at radius 2 is 1.85 bits per heavy atom. The molecule has 1 aliphatic heterocycles. The molecule has 0 bridgehead atoms. The van der Waals surface area contributed by atoms with Crippen LogP contribution in [0.5, 0.6) is 0 Å². The molecule has 0 fully saturated rings. The lowest BCUT2D eigenvalue weighted by molar-refractivity contribution is -0.540. The number of halogens is 1. The largest absolute Gasteiger partial charge is 0.231 e. The van der Waals surface area contributed by atoms with Crippen molar-refractivity contribution < 1.29 is 4.58 Å². The first-order valence-electron chi connectivity index (χ1n) is 7.06. The zero-order chi connectivity index (χ0) is 14.1. The lowest BCUT2D eigenvalue weighted by Gasteiger charge is -2.15. The third-order valence-electron chi connectivity index (χ3n) is 4.08. The number of nitrogens with zero attached hydrogens (tertiary/aromatic N) is 1. The molecule has 2 aromatic rings. The predicted octanol–water partition coefficient (Wildman–Crippen LogP) is 4.14. The Kier molecular flexibility index (Phi) is 3.62. The molecule has 2 aromatic carbocycles. The molecule has 0 amide bonds. The summed E-state index contributed by atoms with van der Waals surface area (Å²) >= 11 is 6.25. The van der Waals surface area contributed by atoms with Crippen LogP contribution >= 0.6 is 11.6 Å². The Morgan fingerprint density at radius 1 is 1.10 bits per heavy atom. The van der Waals surface area contributed by atoms with Crippen molar-refractivity contribution in [3.63, 3.8) is 0 Å². The lowest BCUT2D eigenvalue weighted by Crippen LogP contribution is -2.22. The van der Waals surface area contributed by atoms with Crippen molar-refractivity contribution in [1.82, 2.24) is 0 Å². The van der Waals surface area contributed by atoms with Crippen molar-refractivity contribution in [2.24, 2.45) is 0 Å². The van der Waals surface area contributed by atoms with Gasteiger partial charge in [-0.05, 0) is 42.7 Å². The highest BCUT2D eigenvalue weighted by Gasteiger charge is 2.17. The first kappa shape index (κ1) is 13.4. The van der Waals surface area contributed by atoms with E-state index in [1.165, 1.54) is 27.8 Å². The van der Waals surface area contributed by atoms with Crippen molar-refractivity contribution in [2.45, 2.75) is 26.8 Å². The molecule has 0 unspecified atom stereocenters. The number of hydrogen-bond donors (Lipinski definition) is 0. The first-order chi connectivity index (χ1) is 9.63. The van der Waals surface area contributed by atoms with Gasteiger partial charge in [0.1, 0.15) is 6.54 Å². The Morgan fingerprint density at radius 3 is 2.65 bits per heavy atom. The van der Waals surface area contributed by atoms with Crippen LogP contribution < -0.4 is 0 Å². The third-order valence-corrected chi connectivity index (χ3v) is 4.45. The fourth-order valence-electron chi connectivity index (χ4n) is 2.73. The topological polar surface area (TPSA) is 3.01 Å². The minimum absolute atomic E-state index is 0.854. The monoisotopic (exact) mass is 284 g/mol. The number of aryl methyl sites for hydroxylation is 2. The molecule has 0 radical (unpaired) electrons. The van der Waals surface area contributed by atoms with E-state index in [0.29, 0.717) is 0 Å². The smallest absolute Gasteiger partial charge is 0.171 e. The van der Waals surface area contributed by atoms with E-state index in [1.807, 2.05) is 18.2 Å². The zero-order valence-corrected chi connectivity index (χ0v) is 12.7. The minimum atomic E-state index is 0.854. The van der Waals surface area contributed by atoms with Gasteiger partial charge in [0.25, 0.3) is 0 Å². The second kappa shape index (κ2) is 5.41. The molecule has 1 heterocycles. The van der Waals surface area contributed by atoms with Crippen molar-refractivity contribution in [2.75, 3.05) is 6.54 Å². The number of rotatable bonds is 2. The SMILES string of the molecule is Cc1cc2c(cc1C)CC[N+](Cc1ccccc1Cl)=C2. The fourth-order valence-corrected chi connectivity index (χ4v) is 2.93. The summed E-state index contributed by atoms with van der Waals surface area (Å²) in [5.74, 6) is 0. The highest BCUT2D eigenvalue weighted by atomic mass is 35.5. The molecule has 20 heavy (non-hydrogen) atoms. The van der Waals surface area contributed by atoms with Gasteiger partial charge in [-0.25, -0.2) is 4.58 Å². The van der Waals surface area contributed by atoms with Crippen molar-refractivity contribution in [3.05, 3.63) is 69.2 Å². The summed E-state index contributed by atoms with van der Waals surface area (Å²) in [5, 5.41) is 0.854. The maximum absolute atomic E-state index is 6.25. The third kappa shape index (κ3) is 2.64. The van der Waals surface area contributed by atoms with Gasteiger partial charge >= 0.3 is 0 Å². The van der Waals surface area contributed by atoms with Crippen LogP contribution in [0.2, 0.25) is 5.02 Å². The summed E-state index contributed by atoms with van der Waals surface area (Å²) in [7, 11) is 0. The number of fused-ring (bicyclic) bond motifs is 1. The average Bonchev–Trinajstić information content (AvgIpc) is 2.43. The number of benzene rings is 2. The van der Waals surface area contributed by atoms with Crippen molar-refractivity contribution >= 4 is 17.8 Å². The van der Waals surface area contributed by atoms with Gasteiger partial charge in [0.05, 0.1) is 5.02 Å². The molecular formula is C18H19ClN+. The van der Waals surface area contributed by atoms with Gasteiger partial charge < -0.3 is 0 Å². The summed E-state index contributed by atoms with van der Waals surface area (Å²) in [6, 6.07) is 12.7. The van der Waals surface area contributed by atoms with Crippen LogP contribution in [-0.2, 0) is 13.0 Å². The van der Waals surface area contributed by atoms with Crippen LogP contribution in [0, 0.1) is 13.8 Å². The lowest BCUT2D eigenvalue weighted by atomic mass is 9.96. The first-order valence-corrected chi connectivity index (χ1v) is 7.44. The van der Waals surface area contributed by atoms with Crippen LogP contribution in [0.25, 0.3) is 0 Å². The molecule has 3 rings (SSSR count). The fraction of sp³-hybridized carbons (Fsp3) is 0.278. The van der Waals surface area contributed by atoms with Crippen LogP contribution in [-0.4, -0.2) is 17.3 Å². The minimum Gasteiger partial charge on any atom is -0.231 e. The predicted molar refractivity (Wildman–Crippen MR) is 85.1 cm³/mol. The van der Waals surface area contributed by atoms with Crippen molar-refractivity contribution in [1.29, 1.82) is 0 Å². The maximum Gasteiger partial charge on any atom is 0.171 e. The molecule has 0 saturated carbocycles. The maximum atomic E-state index is 6.25. The molecular weight excluding hydrogens is 266 g/mol. The van der Waals surface area contributed by atoms with Crippen LogP contribution in [0.3, 0.4) is 0 Å². The van der Waals surface area contributed by atoms with E-state index >= 15 is 0 Å². The molecule has 0 atom stereocenters. The Labute approximate surface area is 125 Å². The second-order valence-corrected chi connectivity index (χ2v) is 5.98. The zero-order valence-electron chi connectivity index (χ0n) is 12.0. The Balaban J connectivity index is 1.91. The molecule has 0 spiro atoms. The quantitative estimate of drug-likeness (QED) is 0.729. The standard InChI is InChI=1S/C18H19ClN/c1-13-9-15-7-8-20(12-17(15)10-14(13)2)11-16-5-3-4-6-18(16)19/h3-6,9-10,12H,7-8,11H2,1-2H3/q+1. The van der Waals surface area contributed by atoms with E-state index < -0.39 is 0 Å². The van der Waals surface area contributed by atoms with E-state index in [1.54, 1.807) is 0 Å². The van der Waals surface area contributed by atoms with Gasteiger partial charge in [0.15, 0.2) is 12.8 Å². The summed E-state index contributed by atoms with van der Waals surface area (Å²) in [5.41, 5.74) is 6.75. The van der Waals surface area contributed by atoms with E-state index in [4.69, 9.17) is 11.6 Å². The van der Waals surface area contributed by atoms with Gasteiger partial charge in [-0.15, -0.1) is 0 Å². The van der Waals surface area contributed by atoms with Gasteiger partial charge in [0.2, 0.25) is 0 Å². The van der Waals surface area contributed by atoms with Crippen LogP contribution in [0.4, 0.5) is 0 Å². The van der Waals surface area contributed by atoms with E-state index in [9.17, 15) is 0 Å². The summed E-state index contributed by atoms with van der Waals surface area (Å²) in [6.45, 7) is 6.30. The summed E-state index contributed by atoms with van der Waals surface area (Å²) in [4.78, 5) is 0. The van der Waals surface area contributed by atoms with E-state index in [2.05, 4.69) is 42.8 Å². The summed E-state index contributed by atoms with van der Waals surface area (Å²) < 4.78 is 2.36. The van der Waals surface area contributed by atoms with E-state index in [0.717, 1.165) is 24.5 Å². The molecule has 102 valence electrons. The molecule has 0 N–H and O–H groups in total. The van der Waals surface area contributed by atoms with Gasteiger partial charge in [-0.2, -0.15) is 0 Å². The van der Waals surface area contributed by atoms with Crippen LogP contribution in [0.15, 0.2) is 36.4 Å². The van der Waals surface area contributed by atoms with Gasteiger partial charge in [0, 0.05) is 17.5 Å². The molecule has 0 saturated heterocycles. The van der Waals surface area contributed by atoms with Gasteiger partial charge in [-0.3, -0.25) is 0 Å².